The van der Waals surface area contributed by atoms with Gasteiger partial charge in [-0.25, -0.2) is 14.6 Å². The maximum atomic E-state index is 4.71. The Morgan fingerprint density at radius 3 is 2.28 bits per heavy atom. The zero-order chi connectivity index (χ0) is 20.4. The zero-order valence-electron chi connectivity index (χ0n) is 17.3. The van der Waals surface area contributed by atoms with E-state index in [0.717, 1.165) is 53.1 Å². The van der Waals surface area contributed by atoms with E-state index in [9.17, 15) is 0 Å². The van der Waals surface area contributed by atoms with Gasteiger partial charge in [-0.3, -0.25) is 4.98 Å². The van der Waals surface area contributed by atoms with E-state index in [1.165, 1.54) is 12.8 Å². The Labute approximate surface area is 171 Å². The van der Waals surface area contributed by atoms with Crippen molar-refractivity contribution in [3.63, 3.8) is 0 Å². The van der Waals surface area contributed by atoms with Crippen LogP contribution in [0.2, 0.25) is 0 Å². The third-order valence-corrected chi connectivity index (χ3v) is 5.23. The summed E-state index contributed by atoms with van der Waals surface area (Å²) >= 11 is 0. The second kappa shape index (κ2) is 8.03. The molecule has 0 radical (unpaired) electrons. The van der Waals surface area contributed by atoms with Crippen molar-refractivity contribution in [1.29, 1.82) is 0 Å². The molecule has 0 spiro atoms. The van der Waals surface area contributed by atoms with E-state index in [1.807, 2.05) is 45.4 Å². The molecule has 3 aromatic rings. The van der Waals surface area contributed by atoms with E-state index in [1.54, 1.807) is 10.9 Å². The smallest absolute Gasteiger partial charge is 0.171 e. The molecule has 2 aliphatic rings. The second-order valence-corrected chi connectivity index (χ2v) is 7.05. The van der Waals surface area contributed by atoms with Crippen LogP contribution in [0.25, 0.3) is 11.5 Å². The fraction of sp³-hybridized carbons (Fsp3) is 0.364. The molecule has 7 heteroatoms. The Bertz CT molecular complexity index is 983. The number of fused-ring (bicyclic) bond motifs is 1. The molecular weight excluding hydrogens is 362 g/mol. The molecule has 0 saturated carbocycles. The average molecular weight is 390 g/mol. The number of nitrogens with zero attached hydrogens (tertiary/aromatic N) is 7. The Balaban J connectivity index is 0.000000994. The van der Waals surface area contributed by atoms with Crippen LogP contribution in [-0.4, -0.2) is 37.8 Å². The standard InChI is InChI=1S/C20H21N7.C2H6/c1-14-5-6-16(9-21-14)26-13-18-17(15(26)2)12-27(24-18)20-11-22-19(10-23-20)25-7-3-4-8-25;1-2/h5-6,9-12H,2-4,7-8,13H2,1H3;1-2H3. The predicted octanol–water partition coefficient (Wildman–Crippen LogP) is 3.98. The summed E-state index contributed by atoms with van der Waals surface area (Å²) in [6.07, 6.45) is 9.95. The molecular formula is C22H27N7. The third kappa shape index (κ3) is 3.60. The minimum atomic E-state index is 0.686. The van der Waals surface area contributed by atoms with E-state index in [-0.39, 0.29) is 0 Å². The third-order valence-electron chi connectivity index (χ3n) is 5.23. The number of anilines is 2. The van der Waals surface area contributed by atoms with E-state index in [4.69, 9.17) is 5.10 Å². The zero-order valence-corrected chi connectivity index (χ0v) is 17.3. The summed E-state index contributed by atoms with van der Waals surface area (Å²) in [5, 5.41) is 4.71. The van der Waals surface area contributed by atoms with Crippen LogP contribution >= 0.6 is 0 Å². The van der Waals surface area contributed by atoms with E-state index in [0.29, 0.717) is 6.54 Å². The van der Waals surface area contributed by atoms with Crippen molar-refractivity contribution in [3.05, 3.63) is 60.5 Å². The second-order valence-electron chi connectivity index (χ2n) is 7.05. The molecule has 0 unspecified atom stereocenters. The molecule has 5 heterocycles. The highest BCUT2D eigenvalue weighted by atomic mass is 15.3. The molecule has 2 aliphatic heterocycles. The van der Waals surface area contributed by atoms with Gasteiger partial charge in [-0.1, -0.05) is 20.4 Å². The number of hydrogen-bond acceptors (Lipinski definition) is 6. The van der Waals surface area contributed by atoms with E-state index >= 15 is 0 Å². The monoisotopic (exact) mass is 389 g/mol. The summed E-state index contributed by atoms with van der Waals surface area (Å²) < 4.78 is 1.79. The lowest BCUT2D eigenvalue weighted by molar-refractivity contribution is 0.796. The first kappa shape index (κ1) is 19.1. The Morgan fingerprint density at radius 1 is 0.931 bits per heavy atom. The van der Waals surface area contributed by atoms with Crippen molar-refractivity contribution in [2.75, 3.05) is 22.9 Å². The highest BCUT2D eigenvalue weighted by molar-refractivity contribution is 5.82. The summed E-state index contributed by atoms with van der Waals surface area (Å²) in [7, 11) is 0. The van der Waals surface area contributed by atoms with Crippen LogP contribution in [0, 0.1) is 6.92 Å². The van der Waals surface area contributed by atoms with E-state index in [2.05, 4.69) is 37.4 Å². The van der Waals surface area contributed by atoms with Crippen molar-refractivity contribution < 1.29 is 0 Å². The van der Waals surface area contributed by atoms with Crippen molar-refractivity contribution in [2.45, 2.75) is 40.2 Å². The molecule has 0 aromatic carbocycles. The Kier molecular flexibility index (Phi) is 5.29. The first-order chi connectivity index (χ1) is 14.2. The number of aryl methyl sites for hydroxylation is 1. The quantitative estimate of drug-likeness (QED) is 0.675. The molecule has 0 N–H and O–H groups in total. The summed E-state index contributed by atoms with van der Waals surface area (Å²) in [6, 6.07) is 4.08. The van der Waals surface area contributed by atoms with Crippen LogP contribution in [0.5, 0.6) is 0 Å². The van der Waals surface area contributed by atoms with Crippen molar-refractivity contribution in [1.82, 2.24) is 24.7 Å². The van der Waals surface area contributed by atoms with Gasteiger partial charge in [-0.15, -0.1) is 0 Å². The lowest BCUT2D eigenvalue weighted by atomic mass is 10.2. The van der Waals surface area contributed by atoms with Crippen molar-refractivity contribution in [2.24, 2.45) is 0 Å². The Morgan fingerprint density at radius 2 is 1.66 bits per heavy atom. The van der Waals surface area contributed by atoms with Gasteiger partial charge in [0.2, 0.25) is 0 Å². The maximum absolute atomic E-state index is 4.71. The van der Waals surface area contributed by atoms with Gasteiger partial charge in [-0.05, 0) is 31.9 Å². The summed E-state index contributed by atoms with van der Waals surface area (Å²) in [5.41, 5.74) is 5.00. The minimum absolute atomic E-state index is 0.686. The molecule has 7 nitrogen and oxygen atoms in total. The van der Waals surface area contributed by atoms with Crippen molar-refractivity contribution >= 4 is 17.2 Å². The number of aromatic nitrogens is 5. The SMILES string of the molecule is C=C1c2cn(-c3cnc(N4CCCC4)cn3)nc2CN1c1ccc(C)nc1.CC. The molecule has 0 atom stereocenters. The molecule has 0 aliphatic carbocycles. The first-order valence-electron chi connectivity index (χ1n) is 10.2. The molecule has 5 rings (SSSR count). The number of pyridine rings is 1. The lowest BCUT2D eigenvalue weighted by Crippen LogP contribution is -2.19. The fourth-order valence-electron chi connectivity index (χ4n) is 3.68. The van der Waals surface area contributed by atoms with Gasteiger partial charge < -0.3 is 9.80 Å². The van der Waals surface area contributed by atoms with Gasteiger partial charge >= 0.3 is 0 Å². The predicted molar refractivity (Wildman–Crippen MR) is 116 cm³/mol. The fourth-order valence-corrected chi connectivity index (χ4v) is 3.68. The maximum Gasteiger partial charge on any atom is 0.171 e. The minimum Gasteiger partial charge on any atom is -0.355 e. The van der Waals surface area contributed by atoms with Gasteiger partial charge in [-0.2, -0.15) is 5.10 Å². The Hall–Kier alpha value is -3.22. The average Bonchev–Trinajstić information content (AvgIpc) is 3.49. The van der Waals surface area contributed by atoms with Gasteiger partial charge in [0.05, 0.1) is 36.5 Å². The van der Waals surface area contributed by atoms with Crippen LogP contribution in [0.4, 0.5) is 11.5 Å². The summed E-state index contributed by atoms with van der Waals surface area (Å²) in [4.78, 5) is 17.9. The molecule has 0 bridgehead atoms. The molecule has 0 amide bonds. The van der Waals surface area contributed by atoms with Gasteiger partial charge in [0, 0.05) is 36.2 Å². The van der Waals surface area contributed by atoms with Crippen LogP contribution in [0.1, 0.15) is 43.6 Å². The van der Waals surface area contributed by atoms with Crippen LogP contribution in [0.3, 0.4) is 0 Å². The van der Waals surface area contributed by atoms with Crippen LogP contribution in [-0.2, 0) is 6.54 Å². The number of hydrogen-bond donors (Lipinski definition) is 0. The molecule has 29 heavy (non-hydrogen) atoms. The highest BCUT2D eigenvalue weighted by Gasteiger charge is 2.27. The summed E-state index contributed by atoms with van der Waals surface area (Å²) in [5.74, 6) is 1.67. The molecule has 1 fully saturated rings. The largest absolute Gasteiger partial charge is 0.355 e. The molecule has 150 valence electrons. The number of rotatable bonds is 3. The first-order valence-corrected chi connectivity index (χ1v) is 10.2. The molecule has 1 saturated heterocycles. The molecule has 3 aromatic heterocycles. The topological polar surface area (TPSA) is 63.0 Å². The van der Waals surface area contributed by atoms with Gasteiger partial charge in [0.25, 0.3) is 0 Å². The van der Waals surface area contributed by atoms with Gasteiger partial charge in [0.1, 0.15) is 5.82 Å². The lowest BCUT2D eigenvalue weighted by Gasteiger charge is -2.19. The highest BCUT2D eigenvalue weighted by Crippen LogP contribution is 2.35. The normalized spacial score (nSPS) is 15.3. The van der Waals surface area contributed by atoms with Crippen LogP contribution in [0.15, 0.2) is 43.5 Å². The van der Waals surface area contributed by atoms with Gasteiger partial charge in [0.15, 0.2) is 5.82 Å². The van der Waals surface area contributed by atoms with Crippen LogP contribution < -0.4 is 9.80 Å². The summed E-state index contributed by atoms with van der Waals surface area (Å²) in [6.45, 7) is 13.0. The van der Waals surface area contributed by atoms with Crippen molar-refractivity contribution in [3.8, 4) is 5.82 Å². The van der Waals surface area contributed by atoms with E-state index < -0.39 is 0 Å².